The van der Waals surface area contributed by atoms with Gasteiger partial charge >= 0.3 is 0 Å². The summed E-state index contributed by atoms with van der Waals surface area (Å²) in [6.07, 6.45) is 0.750. The maximum atomic E-state index is 13.4. The summed E-state index contributed by atoms with van der Waals surface area (Å²) in [5.74, 6) is -0.188. The van der Waals surface area contributed by atoms with Crippen molar-refractivity contribution in [3.8, 4) is 0 Å². The molecule has 1 unspecified atom stereocenters. The standard InChI is InChI=1S/C17H18Br2FN/c1-3-21-17(9-12-5-4-6-13(20)8-12)14-10-15(18)11(2)7-16(14)19/h4-8,10,17,21H,3,9H2,1-2H3. The van der Waals surface area contributed by atoms with Crippen molar-refractivity contribution in [1.29, 1.82) is 0 Å². The van der Waals surface area contributed by atoms with Crippen LogP contribution in [-0.2, 0) is 6.42 Å². The van der Waals surface area contributed by atoms with Crippen LogP contribution in [0.5, 0.6) is 0 Å². The van der Waals surface area contributed by atoms with Crippen molar-refractivity contribution in [2.24, 2.45) is 0 Å². The van der Waals surface area contributed by atoms with Gasteiger partial charge in [0, 0.05) is 15.0 Å². The summed E-state index contributed by atoms with van der Waals surface area (Å²) in [7, 11) is 0. The molecule has 0 fully saturated rings. The molecule has 0 saturated heterocycles. The van der Waals surface area contributed by atoms with Gasteiger partial charge in [0.1, 0.15) is 5.82 Å². The molecule has 0 bridgehead atoms. The van der Waals surface area contributed by atoms with Crippen LogP contribution in [0.25, 0.3) is 0 Å². The number of halogens is 3. The highest BCUT2D eigenvalue weighted by Crippen LogP contribution is 2.31. The van der Waals surface area contributed by atoms with Gasteiger partial charge in [0.25, 0.3) is 0 Å². The summed E-state index contributed by atoms with van der Waals surface area (Å²) >= 11 is 7.23. The normalized spacial score (nSPS) is 12.4. The molecule has 0 saturated carbocycles. The summed E-state index contributed by atoms with van der Waals surface area (Å²) < 4.78 is 15.5. The van der Waals surface area contributed by atoms with Crippen LogP contribution in [0.3, 0.4) is 0 Å². The average Bonchev–Trinajstić information content (AvgIpc) is 2.42. The van der Waals surface area contributed by atoms with Gasteiger partial charge in [-0.15, -0.1) is 0 Å². The van der Waals surface area contributed by atoms with Gasteiger partial charge in [-0.05, 0) is 60.8 Å². The highest BCUT2D eigenvalue weighted by molar-refractivity contribution is 9.11. The summed E-state index contributed by atoms with van der Waals surface area (Å²) in [4.78, 5) is 0. The Morgan fingerprint density at radius 1 is 1.14 bits per heavy atom. The molecule has 0 amide bonds. The molecular weight excluding hydrogens is 397 g/mol. The van der Waals surface area contributed by atoms with E-state index in [2.05, 4.69) is 63.2 Å². The minimum absolute atomic E-state index is 0.142. The Balaban J connectivity index is 2.33. The first-order valence-corrected chi connectivity index (χ1v) is 8.53. The Morgan fingerprint density at radius 3 is 2.57 bits per heavy atom. The number of likely N-dealkylation sites (N-methyl/N-ethyl adjacent to an activating group) is 1. The lowest BCUT2D eigenvalue weighted by atomic mass is 9.98. The summed E-state index contributed by atoms with van der Waals surface area (Å²) in [6, 6.07) is 11.2. The van der Waals surface area contributed by atoms with E-state index in [-0.39, 0.29) is 11.9 Å². The second kappa shape index (κ2) is 7.52. The minimum Gasteiger partial charge on any atom is -0.310 e. The Morgan fingerprint density at radius 2 is 1.90 bits per heavy atom. The molecular formula is C17H18Br2FN. The summed E-state index contributed by atoms with van der Waals surface area (Å²) in [5.41, 5.74) is 3.36. The Labute approximate surface area is 142 Å². The van der Waals surface area contributed by atoms with Gasteiger partial charge in [-0.1, -0.05) is 50.9 Å². The topological polar surface area (TPSA) is 12.0 Å². The maximum absolute atomic E-state index is 13.4. The molecule has 1 nitrogen and oxygen atoms in total. The van der Waals surface area contributed by atoms with E-state index in [9.17, 15) is 4.39 Å². The monoisotopic (exact) mass is 413 g/mol. The number of aryl methyl sites for hydroxylation is 1. The molecule has 0 heterocycles. The molecule has 0 spiro atoms. The number of rotatable bonds is 5. The van der Waals surface area contributed by atoms with Crippen LogP contribution >= 0.6 is 31.9 Å². The zero-order chi connectivity index (χ0) is 15.4. The molecule has 1 N–H and O–H groups in total. The lowest BCUT2D eigenvalue weighted by Gasteiger charge is -2.21. The molecule has 0 aliphatic rings. The fourth-order valence-electron chi connectivity index (χ4n) is 2.37. The van der Waals surface area contributed by atoms with Gasteiger partial charge in [-0.2, -0.15) is 0 Å². The quantitative estimate of drug-likeness (QED) is 0.675. The molecule has 112 valence electrons. The number of hydrogen-bond acceptors (Lipinski definition) is 1. The van der Waals surface area contributed by atoms with Gasteiger partial charge in [-0.25, -0.2) is 4.39 Å². The smallest absolute Gasteiger partial charge is 0.123 e. The predicted molar refractivity (Wildman–Crippen MR) is 93.1 cm³/mol. The molecule has 21 heavy (non-hydrogen) atoms. The third-order valence-corrected chi connectivity index (χ3v) is 4.97. The molecule has 0 aliphatic carbocycles. The van der Waals surface area contributed by atoms with Crippen molar-refractivity contribution < 1.29 is 4.39 Å². The summed E-state index contributed by atoms with van der Waals surface area (Å²) in [5, 5.41) is 3.48. The highest BCUT2D eigenvalue weighted by Gasteiger charge is 2.16. The zero-order valence-electron chi connectivity index (χ0n) is 12.1. The summed E-state index contributed by atoms with van der Waals surface area (Å²) in [6.45, 7) is 5.00. The van der Waals surface area contributed by atoms with Crippen LogP contribution in [0.2, 0.25) is 0 Å². The van der Waals surface area contributed by atoms with Crippen LogP contribution in [0.4, 0.5) is 4.39 Å². The van der Waals surface area contributed by atoms with E-state index in [0.717, 1.165) is 27.5 Å². The van der Waals surface area contributed by atoms with Crippen LogP contribution in [0, 0.1) is 12.7 Å². The van der Waals surface area contributed by atoms with Gasteiger partial charge < -0.3 is 5.32 Å². The van der Waals surface area contributed by atoms with Gasteiger partial charge in [0.05, 0.1) is 0 Å². The van der Waals surface area contributed by atoms with Crippen molar-refractivity contribution in [3.05, 3.63) is 67.9 Å². The zero-order valence-corrected chi connectivity index (χ0v) is 15.3. The van der Waals surface area contributed by atoms with Crippen molar-refractivity contribution in [3.63, 3.8) is 0 Å². The van der Waals surface area contributed by atoms with E-state index in [1.807, 2.05) is 6.07 Å². The lowest BCUT2D eigenvalue weighted by Crippen LogP contribution is -2.23. The number of benzene rings is 2. The van der Waals surface area contributed by atoms with Crippen LogP contribution in [0.1, 0.15) is 29.7 Å². The van der Waals surface area contributed by atoms with E-state index in [4.69, 9.17) is 0 Å². The van der Waals surface area contributed by atoms with Crippen molar-refractivity contribution in [1.82, 2.24) is 5.32 Å². The minimum atomic E-state index is -0.188. The van der Waals surface area contributed by atoms with Crippen LogP contribution < -0.4 is 5.32 Å². The highest BCUT2D eigenvalue weighted by atomic mass is 79.9. The fraction of sp³-hybridized carbons (Fsp3) is 0.294. The van der Waals surface area contributed by atoms with E-state index in [1.165, 1.54) is 17.2 Å². The van der Waals surface area contributed by atoms with E-state index in [0.29, 0.717) is 0 Å². The molecule has 2 rings (SSSR count). The first-order valence-electron chi connectivity index (χ1n) is 6.94. The maximum Gasteiger partial charge on any atom is 0.123 e. The Kier molecular flexibility index (Phi) is 5.97. The molecule has 0 aromatic heterocycles. The van der Waals surface area contributed by atoms with Gasteiger partial charge in [0.15, 0.2) is 0 Å². The van der Waals surface area contributed by atoms with Gasteiger partial charge in [0.2, 0.25) is 0 Å². The van der Waals surface area contributed by atoms with E-state index >= 15 is 0 Å². The van der Waals surface area contributed by atoms with Crippen molar-refractivity contribution >= 4 is 31.9 Å². The predicted octanol–water partition coefficient (Wildman–Crippen LogP) is 5.55. The Hall–Kier alpha value is -0.710. The number of hydrogen-bond donors (Lipinski definition) is 1. The molecule has 0 aliphatic heterocycles. The molecule has 4 heteroatoms. The van der Waals surface area contributed by atoms with Crippen LogP contribution in [0.15, 0.2) is 45.3 Å². The second-order valence-electron chi connectivity index (χ2n) is 5.07. The molecule has 0 radical (unpaired) electrons. The first-order chi connectivity index (χ1) is 10.0. The van der Waals surface area contributed by atoms with Crippen LogP contribution in [-0.4, -0.2) is 6.54 Å². The van der Waals surface area contributed by atoms with E-state index < -0.39 is 0 Å². The molecule has 1 atom stereocenters. The fourth-order valence-corrected chi connectivity index (χ4v) is 3.46. The Bertz CT molecular complexity index is 628. The molecule has 2 aromatic carbocycles. The third-order valence-electron chi connectivity index (χ3n) is 3.43. The first kappa shape index (κ1) is 16.7. The van der Waals surface area contributed by atoms with E-state index in [1.54, 1.807) is 12.1 Å². The second-order valence-corrected chi connectivity index (χ2v) is 6.78. The van der Waals surface area contributed by atoms with Crippen molar-refractivity contribution in [2.45, 2.75) is 26.3 Å². The lowest BCUT2D eigenvalue weighted by molar-refractivity contribution is 0.544. The van der Waals surface area contributed by atoms with Gasteiger partial charge in [-0.3, -0.25) is 0 Å². The SMILES string of the molecule is CCNC(Cc1cccc(F)c1)c1cc(Br)c(C)cc1Br. The third kappa shape index (κ3) is 4.38. The van der Waals surface area contributed by atoms with Crippen molar-refractivity contribution in [2.75, 3.05) is 6.54 Å². The average molecular weight is 415 g/mol. The molecule has 2 aromatic rings. The number of nitrogens with one attached hydrogen (secondary N) is 1. The largest absolute Gasteiger partial charge is 0.310 e.